The Hall–Kier alpha value is -1.40. The number of piperidine rings is 1. The van der Waals surface area contributed by atoms with E-state index in [2.05, 4.69) is 16.0 Å². The lowest BCUT2D eigenvalue weighted by Gasteiger charge is -2.37. The molecule has 2 unspecified atom stereocenters. The molecule has 3 nitrogen and oxygen atoms in total. The number of carbonyl (C=O) groups is 1. The first-order valence-corrected chi connectivity index (χ1v) is 10.4. The summed E-state index contributed by atoms with van der Waals surface area (Å²) < 4.78 is 14.6. The van der Waals surface area contributed by atoms with Crippen LogP contribution in [0.3, 0.4) is 0 Å². The number of Topliss-reactive ketones (excluding diaryl/α,β-unsaturated/α-hetero) is 1. The van der Waals surface area contributed by atoms with Gasteiger partial charge in [-0.15, -0.1) is 24.8 Å². The van der Waals surface area contributed by atoms with Gasteiger partial charge in [0.25, 0.3) is 0 Å². The fraction of sp³-hybridized carbons (Fsp3) is 0.391. The standard InChI is InChI=1S/C23H25FN2OS.2ClH/c1-15-5-4-6-18(25-15)13-17-14-26(12-11-21(17)28)22(23(27)16-9-10-16)19-7-2-3-8-20(19)24;;/h2-8,13,16,21-22,28H,9-12,14H2,1H3;2*1H. The largest absolute Gasteiger partial charge is 0.297 e. The molecule has 2 aromatic rings. The topological polar surface area (TPSA) is 33.2 Å². The molecule has 1 saturated carbocycles. The lowest BCUT2D eigenvalue weighted by atomic mass is 9.93. The number of benzene rings is 1. The molecule has 2 aliphatic rings. The van der Waals surface area contributed by atoms with Gasteiger partial charge in [0.1, 0.15) is 5.82 Å². The van der Waals surface area contributed by atoms with Crippen molar-refractivity contribution in [3.05, 3.63) is 70.8 Å². The van der Waals surface area contributed by atoms with Crippen molar-refractivity contribution in [2.24, 2.45) is 5.92 Å². The van der Waals surface area contributed by atoms with E-state index in [-0.39, 0.29) is 47.6 Å². The second kappa shape index (κ2) is 10.8. The number of pyridine rings is 1. The molecule has 0 bridgehead atoms. The average molecular weight is 469 g/mol. The Morgan fingerprint density at radius 3 is 2.57 bits per heavy atom. The summed E-state index contributed by atoms with van der Waals surface area (Å²) in [5.41, 5.74) is 3.47. The van der Waals surface area contributed by atoms with Gasteiger partial charge in [-0.05, 0) is 56.0 Å². The molecule has 7 heteroatoms. The summed E-state index contributed by atoms with van der Waals surface area (Å²) in [4.78, 5) is 19.8. The van der Waals surface area contributed by atoms with E-state index in [4.69, 9.17) is 12.6 Å². The van der Waals surface area contributed by atoms with Crippen molar-refractivity contribution in [3.63, 3.8) is 0 Å². The molecule has 2 atom stereocenters. The number of aromatic nitrogens is 1. The van der Waals surface area contributed by atoms with E-state index in [1.807, 2.05) is 31.2 Å². The lowest BCUT2D eigenvalue weighted by Crippen LogP contribution is -2.42. The zero-order valence-corrected chi connectivity index (χ0v) is 19.4. The Morgan fingerprint density at radius 1 is 1.17 bits per heavy atom. The summed E-state index contributed by atoms with van der Waals surface area (Å²) in [6.07, 6.45) is 4.73. The Balaban J connectivity index is 0.00000160. The maximum Gasteiger partial charge on any atom is 0.157 e. The van der Waals surface area contributed by atoms with Crippen LogP contribution in [0.25, 0.3) is 6.08 Å². The molecular formula is C23H27Cl2FN2OS. The number of rotatable bonds is 5. The van der Waals surface area contributed by atoms with E-state index < -0.39 is 6.04 Å². The van der Waals surface area contributed by atoms with E-state index in [9.17, 15) is 9.18 Å². The summed E-state index contributed by atoms with van der Waals surface area (Å²) in [6, 6.07) is 12.1. The highest BCUT2D eigenvalue weighted by molar-refractivity contribution is 7.81. The molecule has 30 heavy (non-hydrogen) atoms. The van der Waals surface area contributed by atoms with Crippen molar-refractivity contribution < 1.29 is 9.18 Å². The van der Waals surface area contributed by atoms with Crippen LogP contribution in [0, 0.1) is 18.7 Å². The van der Waals surface area contributed by atoms with Gasteiger partial charge in [0, 0.05) is 35.5 Å². The molecule has 2 fully saturated rings. The SMILES string of the molecule is Cc1cccc(C=C2CN(C(C(=O)C3CC3)c3ccccc3F)CCC2S)n1.Cl.Cl. The molecule has 0 N–H and O–H groups in total. The lowest BCUT2D eigenvalue weighted by molar-refractivity contribution is -0.126. The summed E-state index contributed by atoms with van der Waals surface area (Å²) in [7, 11) is 0. The molecule has 1 aromatic heterocycles. The van der Waals surface area contributed by atoms with Crippen molar-refractivity contribution in [3.8, 4) is 0 Å². The maximum atomic E-state index is 14.6. The van der Waals surface area contributed by atoms with Crippen molar-refractivity contribution in [1.82, 2.24) is 9.88 Å². The van der Waals surface area contributed by atoms with Gasteiger partial charge in [0.2, 0.25) is 0 Å². The molecule has 2 heterocycles. The highest BCUT2D eigenvalue weighted by Crippen LogP contribution is 2.39. The van der Waals surface area contributed by atoms with E-state index in [0.29, 0.717) is 12.1 Å². The fourth-order valence-electron chi connectivity index (χ4n) is 3.91. The third-order valence-corrected chi connectivity index (χ3v) is 6.15. The number of carbonyl (C=O) groups excluding carboxylic acids is 1. The predicted octanol–water partition coefficient (Wildman–Crippen LogP) is 5.48. The van der Waals surface area contributed by atoms with Crippen LogP contribution in [-0.2, 0) is 4.79 Å². The highest BCUT2D eigenvalue weighted by Gasteiger charge is 2.40. The summed E-state index contributed by atoms with van der Waals surface area (Å²) in [5, 5.41) is 0.121. The molecule has 1 saturated heterocycles. The third kappa shape index (κ3) is 5.64. The van der Waals surface area contributed by atoms with Gasteiger partial charge in [0.15, 0.2) is 5.78 Å². The van der Waals surface area contributed by atoms with Crippen LogP contribution in [0.1, 0.15) is 42.3 Å². The van der Waals surface area contributed by atoms with Crippen LogP contribution in [0.2, 0.25) is 0 Å². The zero-order chi connectivity index (χ0) is 19.7. The summed E-state index contributed by atoms with van der Waals surface area (Å²) in [5.74, 6) is -0.0830. The second-order valence-electron chi connectivity index (χ2n) is 7.80. The van der Waals surface area contributed by atoms with Gasteiger partial charge >= 0.3 is 0 Å². The minimum absolute atomic E-state index is 0. The van der Waals surface area contributed by atoms with E-state index in [1.54, 1.807) is 12.1 Å². The highest BCUT2D eigenvalue weighted by atomic mass is 35.5. The van der Waals surface area contributed by atoms with Crippen LogP contribution in [0.4, 0.5) is 4.39 Å². The van der Waals surface area contributed by atoms with Crippen molar-refractivity contribution in [2.45, 2.75) is 37.5 Å². The van der Waals surface area contributed by atoms with Crippen LogP contribution in [-0.4, -0.2) is 34.0 Å². The van der Waals surface area contributed by atoms with Crippen molar-refractivity contribution >= 4 is 49.3 Å². The van der Waals surface area contributed by atoms with Crippen LogP contribution < -0.4 is 0 Å². The molecular weight excluding hydrogens is 442 g/mol. The molecule has 1 aromatic carbocycles. The quantitative estimate of drug-likeness (QED) is 0.589. The number of aryl methyl sites for hydroxylation is 1. The molecule has 0 spiro atoms. The van der Waals surface area contributed by atoms with Crippen LogP contribution >= 0.6 is 37.4 Å². The van der Waals surface area contributed by atoms with Gasteiger partial charge in [0.05, 0.1) is 11.7 Å². The number of hydrogen-bond acceptors (Lipinski definition) is 4. The Morgan fingerprint density at radius 2 is 1.90 bits per heavy atom. The van der Waals surface area contributed by atoms with Gasteiger partial charge in [-0.25, -0.2) is 4.39 Å². The minimum Gasteiger partial charge on any atom is -0.297 e. The van der Waals surface area contributed by atoms with Gasteiger partial charge in [-0.2, -0.15) is 12.6 Å². The predicted molar refractivity (Wildman–Crippen MR) is 127 cm³/mol. The van der Waals surface area contributed by atoms with Crippen LogP contribution in [0.5, 0.6) is 0 Å². The number of nitrogens with zero attached hydrogens (tertiary/aromatic N) is 2. The van der Waals surface area contributed by atoms with Gasteiger partial charge in [-0.3, -0.25) is 14.7 Å². The minimum atomic E-state index is -0.525. The summed E-state index contributed by atoms with van der Waals surface area (Å²) in [6.45, 7) is 3.29. The molecule has 0 radical (unpaired) electrons. The zero-order valence-electron chi connectivity index (χ0n) is 16.8. The number of likely N-dealkylation sites (tertiary alicyclic amines) is 1. The van der Waals surface area contributed by atoms with Crippen LogP contribution in [0.15, 0.2) is 48.0 Å². The first kappa shape index (κ1) is 24.9. The average Bonchev–Trinajstić information content (AvgIpc) is 3.51. The van der Waals surface area contributed by atoms with Crippen molar-refractivity contribution in [1.29, 1.82) is 0 Å². The third-order valence-electron chi connectivity index (χ3n) is 5.56. The Bertz CT molecular complexity index is 920. The second-order valence-corrected chi connectivity index (χ2v) is 8.42. The monoisotopic (exact) mass is 468 g/mol. The molecule has 4 rings (SSSR count). The summed E-state index contributed by atoms with van der Waals surface area (Å²) >= 11 is 4.75. The van der Waals surface area contributed by atoms with Gasteiger partial charge < -0.3 is 0 Å². The number of thiol groups is 1. The number of halogens is 3. The molecule has 1 aliphatic carbocycles. The first-order valence-electron chi connectivity index (χ1n) is 9.87. The molecule has 1 aliphatic heterocycles. The Labute approximate surface area is 195 Å². The maximum absolute atomic E-state index is 14.6. The number of ketones is 1. The Kier molecular flexibility index (Phi) is 8.92. The smallest absolute Gasteiger partial charge is 0.157 e. The number of hydrogen-bond donors (Lipinski definition) is 1. The van der Waals surface area contributed by atoms with E-state index in [1.165, 1.54) is 6.07 Å². The van der Waals surface area contributed by atoms with E-state index >= 15 is 0 Å². The molecule has 0 amide bonds. The normalized spacial score (nSPS) is 21.4. The van der Waals surface area contributed by atoms with E-state index in [0.717, 1.165) is 42.8 Å². The first-order chi connectivity index (χ1) is 13.5. The van der Waals surface area contributed by atoms with Crippen molar-refractivity contribution in [2.75, 3.05) is 13.1 Å². The van der Waals surface area contributed by atoms with Gasteiger partial charge in [-0.1, -0.05) is 24.3 Å². The fourth-order valence-corrected chi connectivity index (χ4v) is 4.18. The molecule has 162 valence electrons.